The van der Waals surface area contributed by atoms with E-state index >= 15 is 0 Å². The van der Waals surface area contributed by atoms with E-state index in [9.17, 15) is 18.5 Å². The van der Waals surface area contributed by atoms with Crippen LogP contribution >= 0.6 is 0 Å². The molecule has 1 amide bonds. The van der Waals surface area contributed by atoms with Gasteiger partial charge in [-0.1, -0.05) is 48.5 Å². The Labute approximate surface area is 192 Å². The molecule has 3 rings (SSSR count). The first kappa shape index (κ1) is 23.7. The van der Waals surface area contributed by atoms with Crippen LogP contribution < -0.4 is 15.8 Å². The largest absolute Gasteiger partial charge is 0.384 e. The summed E-state index contributed by atoms with van der Waals surface area (Å²) in [6.07, 6.45) is 1.06. The average molecular weight is 462 g/mol. The van der Waals surface area contributed by atoms with Crippen molar-refractivity contribution in [1.29, 1.82) is 10.7 Å². The van der Waals surface area contributed by atoms with Crippen molar-refractivity contribution < 1.29 is 13.2 Å². The van der Waals surface area contributed by atoms with Gasteiger partial charge in [0.1, 0.15) is 11.9 Å². The van der Waals surface area contributed by atoms with E-state index in [1.54, 1.807) is 60.7 Å². The highest BCUT2D eigenvalue weighted by Crippen LogP contribution is 2.24. The molecule has 9 heteroatoms. The molecule has 0 aromatic heterocycles. The summed E-state index contributed by atoms with van der Waals surface area (Å²) in [6.45, 7) is 0. The van der Waals surface area contributed by atoms with Gasteiger partial charge in [0.05, 0.1) is 17.9 Å². The van der Waals surface area contributed by atoms with Crippen LogP contribution in [0.5, 0.6) is 0 Å². The normalized spacial score (nSPS) is 11.9. The van der Waals surface area contributed by atoms with Gasteiger partial charge in [0.2, 0.25) is 15.9 Å². The SMILES string of the molecule is CS(=O)(=O)N[C@@H](Cc1cccc(C(=N)N)c1)C(=O)Nc1ccc(-c2ccccc2C#N)cc1. The molecule has 1 atom stereocenters. The number of carbonyl (C=O) groups excluding carboxylic acids is 1. The number of nitrogens with two attached hydrogens (primary N) is 1. The van der Waals surface area contributed by atoms with Crippen LogP contribution in [-0.4, -0.2) is 32.5 Å². The minimum Gasteiger partial charge on any atom is -0.384 e. The number of nitrogens with one attached hydrogen (secondary N) is 3. The second-order valence-corrected chi connectivity index (χ2v) is 9.26. The number of nitrogens with zero attached hydrogens (tertiary/aromatic N) is 1. The highest BCUT2D eigenvalue weighted by atomic mass is 32.2. The molecule has 0 saturated heterocycles. The van der Waals surface area contributed by atoms with Crippen molar-refractivity contribution in [3.8, 4) is 17.2 Å². The molecule has 0 fully saturated rings. The Balaban J connectivity index is 1.80. The number of rotatable bonds is 8. The molecule has 0 saturated carbocycles. The highest BCUT2D eigenvalue weighted by molar-refractivity contribution is 7.88. The summed E-state index contributed by atoms with van der Waals surface area (Å²) in [5, 5.41) is 19.6. The third-order valence-electron chi connectivity index (χ3n) is 4.86. The lowest BCUT2D eigenvalue weighted by Gasteiger charge is -2.18. The van der Waals surface area contributed by atoms with Gasteiger partial charge < -0.3 is 11.1 Å². The van der Waals surface area contributed by atoms with E-state index in [0.717, 1.165) is 17.4 Å². The number of hydrogen-bond acceptors (Lipinski definition) is 5. The first-order chi connectivity index (χ1) is 15.7. The van der Waals surface area contributed by atoms with Crippen LogP contribution in [0.3, 0.4) is 0 Å². The molecule has 0 aliphatic rings. The fourth-order valence-corrected chi connectivity index (χ4v) is 4.05. The molecule has 0 unspecified atom stereocenters. The molecule has 3 aromatic rings. The van der Waals surface area contributed by atoms with Gasteiger partial charge in [-0.2, -0.15) is 5.26 Å². The molecule has 0 aliphatic carbocycles. The van der Waals surface area contributed by atoms with Gasteiger partial charge in [0.15, 0.2) is 0 Å². The topological polar surface area (TPSA) is 149 Å². The van der Waals surface area contributed by atoms with Crippen LogP contribution in [0.25, 0.3) is 11.1 Å². The van der Waals surface area contributed by atoms with Crippen molar-refractivity contribution in [2.45, 2.75) is 12.5 Å². The first-order valence-corrected chi connectivity index (χ1v) is 11.9. The van der Waals surface area contributed by atoms with Gasteiger partial charge in [0, 0.05) is 11.3 Å². The number of sulfonamides is 1. The van der Waals surface area contributed by atoms with Gasteiger partial charge in [-0.05, 0) is 47.4 Å². The molecule has 0 radical (unpaired) electrons. The number of carbonyl (C=O) groups is 1. The quantitative estimate of drug-likeness (QED) is 0.300. The Kier molecular flexibility index (Phi) is 7.23. The maximum absolute atomic E-state index is 12.9. The van der Waals surface area contributed by atoms with Crippen molar-refractivity contribution in [3.05, 3.63) is 89.5 Å². The Morgan fingerprint density at radius 2 is 1.79 bits per heavy atom. The molecule has 3 aromatic carbocycles. The van der Waals surface area contributed by atoms with Crippen LogP contribution in [0.4, 0.5) is 5.69 Å². The molecule has 168 valence electrons. The zero-order valence-corrected chi connectivity index (χ0v) is 18.7. The Morgan fingerprint density at radius 3 is 2.42 bits per heavy atom. The molecule has 0 aliphatic heterocycles. The lowest BCUT2D eigenvalue weighted by molar-refractivity contribution is -0.117. The van der Waals surface area contributed by atoms with E-state index in [0.29, 0.717) is 22.4 Å². The van der Waals surface area contributed by atoms with Crippen molar-refractivity contribution in [1.82, 2.24) is 4.72 Å². The Bertz CT molecular complexity index is 1330. The van der Waals surface area contributed by atoms with Gasteiger partial charge >= 0.3 is 0 Å². The summed E-state index contributed by atoms with van der Waals surface area (Å²) in [5.74, 6) is -0.647. The van der Waals surface area contributed by atoms with Gasteiger partial charge in [-0.25, -0.2) is 13.1 Å². The minimum absolute atomic E-state index is 0.0770. The molecular weight excluding hydrogens is 438 g/mol. The smallest absolute Gasteiger partial charge is 0.242 e. The fraction of sp³-hybridized carbons (Fsp3) is 0.125. The monoisotopic (exact) mass is 461 g/mol. The molecule has 33 heavy (non-hydrogen) atoms. The molecule has 5 N–H and O–H groups in total. The van der Waals surface area contributed by atoms with E-state index < -0.39 is 22.0 Å². The zero-order valence-electron chi connectivity index (χ0n) is 17.9. The lowest BCUT2D eigenvalue weighted by Crippen LogP contribution is -2.44. The van der Waals surface area contributed by atoms with Crippen LogP contribution in [0.2, 0.25) is 0 Å². The number of nitriles is 1. The summed E-state index contributed by atoms with van der Waals surface area (Å²) in [6, 6.07) is 22.0. The molecular formula is C24H23N5O3S. The summed E-state index contributed by atoms with van der Waals surface area (Å²) in [5.41, 5.74) is 9.28. The van der Waals surface area contributed by atoms with Crippen LogP contribution in [0.1, 0.15) is 16.7 Å². The predicted molar refractivity (Wildman–Crippen MR) is 128 cm³/mol. The van der Waals surface area contributed by atoms with E-state index in [1.165, 1.54) is 0 Å². The van der Waals surface area contributed by atoms with Crippen LogP contribution in [0.15, 0.2) is 72.8 Å². The highest BCUT2D eigenvalue weighted by Gasteiger charge is 2.23. The second kappa shape index (κ2) is 10.1. The maximum Gasteiger partial charge on any atom is 0.242 e. The fourth-order valence-electron chi connectivity index (χ4n) is 3.34. The third kappa shape index (κ3) is 6.49. The number of anilines is 1. The number of amidine groups is 1. The number of nitrogen functional groups attached to an aromatic ring is 1. The molecule has 8 nitrogen and oxygen atoms in total. The third-order valence-corrected chi connectivity index (χ3v) is 5.57. The van der Waals surface area contributed by atoms with E-state index in [1.807, 2.05) is 12.1 Å². The molecule has 0 spiro atoms. The summed E-state index contributed by atoms with van der Waals surface area (Å²) >= 11 is 0. The van der Waals surface area contributed by atoms with E-state index in [-0.39, 0.29) is 12.3 Å². The summed E-state index contributed by atoms with van der Waals surface area (Å²) in [7, 11) is -3.67. The number of hydrogen-bond donors (Lipinski definition) is 4. The van der Waals surface area contributed by atoms with Crippen molar-refractivity contribution in [2.75, 3.05) is 11.6 Å². The maximum atomic E-state index is 12.9. The lowest BCUT2D eigenvalue weighted by atomic mass is 10.00. The average Bonchev–Trinajstić information content (AvgIpc) is 2.78. The van der Waals surface area contributed by atoms with E-state index in [2.05, 4.69) is 16.1 Å². The zero-order chi connectivity index (χ0) is 24.0. The van der Waals surface area contributed by atoms with Gasteiger partial charge in [0.25, 0.3) is 0 Å². The minimum atomic E-state index is -3.67. The Hall–Kier alpha value is -4.00. The van der Waals surface area contributed by atoms with Gasteiger partial charge in [-0.3, -0.25) is 10.2 Å². The van der Waals surface area contributed by atoms with Crippen molar-refractivity contribution in [2.24, 2.45) is 5.73 Å². The van der Waals surface area contributed by atoms with Crippen LogP contribution in [-0.2, 0) is 21.2 Å². The number of benzene rings is 3. The second-order valence-electron chi connectivity index (χ2n) is 7.48. The molecule has 0 bridgehead atoms. The molecule has 0 heterocycles. The van der Waals surface area contributed by atoms with E-state index in [4.69, 9.17) is 11.1 Å². The van der Waals surface area contributed by atoms with Crippen molar-refractivity contribution in [3.63, 3.8) is 0 Å². The number of amides is 1. The first-order valence-electron chi connectivity index (χ1n) is 9.97. The standard InChI is InChI=1S/C24H23N5O3S/c1-33(31,32)29-22(14-16-5-4-7-18(13-16)23(26)27)24(30)28-20-11-9-17(10-12-20)21-8-3-2-6-19(21)15-25/h2-13,22,29H,14H2,1H3,(H3,26,27)(H,28,30)/t22-/m0/s1. The summed E-state index contributed by atoms with van der Waals surface area (Å²) < 4.78 is 26.1. The predicted octanol–water partition coefficient (Wildman–Crippen LogP) is 2.61. The Morgan fingerprint density at radius 1 is 1.09 bits per heavy atom. The van der Waals surface area contributed by atoms with Crippen LogP contribution in [0, 0.1) is 16.7 Å². The van der Waals surface area contributed by atoms with Crippen molar-refractivity contribution >= 4 is 27.5 Å². The summed E-state index contributed by atoms with van der Waals surface area (Å²) in [4.78, 5) is 12.9. The van der Waals surface area contributed by atoms with Gasteiger partial charge in [-0.15, -0.1) is 0 Å².